The predicted octanol–water partition coefficient (Wildman–Crippen LogP) is 6.02. The van der Waals surface area contributed by atoms with E-state index in [1.807, 2.05) is 54.6 Å². The van der Waals surface area contributed by atoms with Crippen molar-refractivity contribution in [3.63, 3.8) is 0 Å². The quantitative estimate of drug-likeness (QED) is 0.394. The maximum absolute atomic E-state index is 12.6. The third kappa shape index (κ3) is 3.87. The molecule has 1 heterocycles. The maximum atomic E-state index is 12.6. The van der Waals surface area contributed by atoms with Gasteiger partial charge in [-0.3, -0.25) is 9.78 Å². The smallest absolute Gasteiger partial charge is 0.187 e. The van der Waals surface area contributed by atoms with E-state index in [0.29, 0.717) is 23.6 Å². The first-order valence-corrected chi connectivity index (χ1v) is 9.47. The predicted molar refractivity (Wildman–Crippen MR) is 113 cm³/mol. The number of nitrogens with zero attached hydrogens (tertiary/aromatic N) is 2. The average molecular weight is 368 g/mol. The molecule has 0 aliphatic rings. The van der Waals surface area contributed by atoms with Gasteiger partial charge in [0.2, 0.25) is 0 Å². The molecule has 0 saturated carbocycles. The van der Waals surface area contributed by atoms with Gasteiger partial charge in [0.15, 0.2) is 11.5 Å². The van der Waals surface area contributed by atoms with Crippen LogP contribution in [0.2, 0.25) is 0 Å². The molecule has 140 valence electrons. The molecule has 3 nitrogen and oxygen atoms in total. The molecule has 0 aliphatic heterocycles. The zero-order chi connectivity index (χ0) is 20.1. The van der Waals surface area contributed by atoms with Crippen LogP contribution in [0.3, 0.4) is 0 Å². The normalized spacial score (nSPS) is 13.0. The first-order valence-electron chi connectivity index (χ1n) is 9.47. The van der Waals surface area contributed by atoms with E-state index in [1.54, 1.807) is 6.20 Å². The zero-order valence-electron chi connectivity index (χ0n) is 16.5. The topological polar surface area (TPSA) is 34.3 Å². The Morgan fingerprint density at radius 1 is 1.00 bits per heavy atom. The third-order valence-electron chi connectivity index (χ3n) is 5.63. The maximum Gasteiger partial charge on any atom is 0.187 e. The van der Waals surface area contributed by atoms with Crippen LogP contribution in [0.1, 0.15) is 48.0 Å². The molecule has 1 atom stereocenters. The fourth-order valence-electron chi connectivity index (χ4n) is 3.49. The van der Waals surface area contributed by atoms with Crippen molar-refractivity contribution in [2.24, 2.45) is 5.92 Å². The highest BCUT2D eigenvalue weighted by Crippen LogP contribution is 2.39. The van der Waals surface area contributed by atoms with E-state index < -0.39 is 0 Å². The first kappa shape index (κ1) is 19.5. The first-order chi connectivity index (χ1) is 13.4. The van der Waals surface area contributed by atoms with E-state index >= 15 is 0 Å². The Morgan fingerprint density at radius 3 is 2.11 bits per heavy atom. The lowest BCUT2D eigenvalue weighted by Gasteiger charge is -2.35. The van der Waals surface area contributed by atoms with Gasteiger partial charge in [-0.15, -0.1) is 0 Å². The molecule has 0 amide bonds. The van der Waals surface area contributed by atoms with E-state index in [1.165, 1.54) is 5.56 Å². The molecule has 0 N–H and O–H groups in total. The number of carbonyl (C=O) groups is 1. The molecule has 0 fully saturated rings. The standard InChI is InChI=1S/C25H24N2O/c1-18(2)25(3,21-12-14-22(26-4)15-13-21)20-10-8-19(9-11-20)24(28)17-23-7-5-6-16-27-23/h5-16,18H,17H2,1-3H3. The fraction of sp³-hybridized carbons (Fsp3) is 0.240. The minimum absolute atomic E-state index is 0.0675. The van der Waals surface area contributed by atoms with Gasteiger partial charge in [-0.05, 0) is 29.2 Å². The van der Waals surface area contributed by atoms with Crippen LogP contribution in [0, 0.1) is 12.5 Å². The molecule has 0 aliphatic carbocycles. The molecule has 3 heteroatoms. The average Bonchev–Trinajstić information content (AvgIpc) is 2.74. The summed E-state index contributed by atoms with van der Waals surface area (Å²) in [5.74, 6) is 0.416. The Bertz CT molecular complexity index is 983. The molecule has 3 aromatic rings. The van der Waals surface area contributed by atoms with Gasteiger partial charge in [0, 0.05) is 22.9 Å². The number of benzene rings is 2. The second-order valence-corrected chi connectivity index (χ2v) is 7.51. The van der Waals surface area contributed by atoms with Crippen LogP contribution < -0.4 is 0 Å². The van der Waals surface area contributed by atoms with E-state index in [4.69, 9.17) is 6.57 Å². The highest BCUT2D eigenvalue weighted by molar-refractivity contribution is 5.97. The molecular formula is C25H24N2O. The molecule has 0 bridgehead atoms. The van der Waals surface area contributed by atoms with Gasteiger partial charge in [-0.2, -0.15) is 0 Å². The molecule has 1 unspecified atom stereocenters. The van der Waals surface area contributed by atoms with Crippen LogP contribution in [0.25, 0.3) is 4.85 Å². The molecular weight excluding hydrogens is 344 g/mol. The molecule has 1 aromatic heterocycles. The van der Waals surface area contributed by atoms with Gasteiger partial charge >= 0.3 is 0 Å². The summed E-state index contributed by atoms with van der Waals surface area (Å²) < 4.78 is 0. The van der Waals surface area contributed by atoms with Crippen molar-refractivity contribution in [1.82, 2.24) is 4.98 Å². The van der Waals surface area contributed by atoms with Crippen molar-refractivity contribution >= 4 is 11.5 Å². The van der Waals surface area contributed by atoms with Gasteiger partial charge in [0.1, 0.15) is 0 Å². The largest absolute Gasteiger partial charge is 0.294 e. The number of Topliss-reactive ketones (excluding diaryl/α,β-unsaturated/α-hetero) is 1. The number of ketones is 1. The lowest BCUT2D eigenvalue weighted by atomic mass is 9.68. The fourth-order valence-corrected chi connectivity index (χ4v) is 3.49. The summed E-state index contributed by atoms with van der Waals surface area (Å²) in [6.45, 7) is 13.8. The van der Waals surface area contributed by atoms with E-state index in [-0.39, 0.29) is 11.2 Å². The minimum atomic E-state index is -0.205. The molecule has 3 rings (SSSR count). The Labute approximate surface area is 166 Å². The molecule has 0 spiro atoms. The van der Waals surface area contributed by atoms with Crippen LogP contribution in [0.4, 0.5) is 5.69 Å². The number of carbonyl (C=O) groups excluding carboxylic acids is 1. The summed E-state index contributed by atoms with van der Waals surface area (Å²) in [6.07, 6.45) is 2.01. The number of hydrogen-bond acceptors (Lipinski definition) is 2. The minimum Gasteiger partial charge on any atom is -0.294 e. The van der Waals surface area contributed by atoms with Crippen LogP contribution in [-0.2, 0) is 11.8 Å². The number of rotatable bonds is 6. The van der Waals surface area contributed by atoms with Gasteiger partial charge in [0.25, 0.3) is 0 Å². The number of hydrogen-bond donors (Lipinski definition) is 0. The molecule has 0 radical (unpaired) electrons. The Morgan fingerprint density at radius 2 is 1.61 bits per heavy atom. The van der Waals surface area contributed by atoms with Crippen LogP contribution in [0.15, 0.2) is 72.9 Å². The van der Waals surface area contributed by atoms with Gasteiger partial charge < -0.3 is 0 Å². The molecule has 0 saturated heterocycles. The summed E-state index contributed by atoms with van der Waals surface area (Å²) >= 11 is 0. The number of aromatic nitrogens is 1. The summed E-state index contributed by atoms with van der Waals surface area (Å²) in [7, 11) is 0. The Kier molecular flexibility index (Phi) is 5.70. The lowest BCUT2D eigenvalue weighted by molar-refractivity contribution is 0.0992. The highest BCUT2D eigenvalue weighted by atomic mass is 16.1. The Hall–Kier alpha value is -3.25. The molecule has 28 heavy (non-hydrogen) atoms. The summed E-state index contributed by atoms with van der Waals surface area (Å²) in [5.41, 5.74) is 4.25. The third-order valence-corrected chi connectivity index (χ3v) is 5.63. The van der Waals surface area contributed by atoms with Crippen molar-refractivity contribution in [2.45, 2.75) is 32.6 Å². The van der Waals surface area contributed by atoms with E-state index in [2.05, 4.69) is 42.7 Å². The SMILES string of the molecule is [C-]#[N+]c1ccc(C(C)(c2ccc(C(=O)Cc3ccccn3)cc2)C(C)C)cc1. The Balaban J connectivity index is 1.88. The van der Waals surface area contributed by atoms with Gasteiger partial charge in [0.05, 0.1) is 13.0 Å². The van der Waals surface area contributed by atoms with Crippen LogP contribution in [0.5, 0.6) is 0 Å². The van der Waals surface area contributed by atoms with Gasteiger partial charge in [-0.1, -0.05) is 75.4 Å². The highest BCUT2D eigenvalue weighted by Gasteiger charge is 2.32. The van der Waals surface area contributed by atoms with Gasteiger partial charge in [-0.25, -0.2) is 4.85 Å². The van der Waals surface area contributed by atoms with Crippen molar-refractivity contribution in [3.8, 4) is 0 Å². The van der Waals surface area contributed by atoms with Crippen LogP contribution >= 0.6 is 0 Å². The lowest BCUT2D eigenvalue weighted by Crippen LogP contribution is -2.30. The summed E-state index contributed by atoms with van der Waals surface area (Å²) in [4.78, 5) is 20.3. The van der Waals surface area contributed by atoms with Crippen molar-refractivity contribution in [1.29, 1.82) is 0 Å². The second-order valence-electron chi connectivity index (χ2n) is 7.51. The number of pyridine rings is 1. The zero-order valence-corrected chi connectivity index (χ0v) is 16.5. The van der Waals surface area contributed by atoms with Crippen LogP contribution in [-0.4, -0.2) is 10.8 Å². The van der Waals surface area contributed by atoms with E-state index in [0.717, 1.165) is 11.3 Å². The van der Waals surface area contributed by atoms with Crippen molar-refractivity contribution in [3.05, 3.63) is 107 Å². The van der Waals surface area contributed by atoms with Crippen molar-refractivity contribution < 1.29 is 4.79 Å². The molecule has 2 aromatic carbocycles. The second kappa shape index (κ2) is 8.19. The van der Waals surface area contributed by atoms with Crippen molar-refractivity contribution in [2.75, 3.05) is 0 Å². The van der Waals surface area contributed by atoms with E-state index in [9.17, 15) is 4.79 Å². The summed E-state index contributed by atoms with van der Waals surface area (Å²) in [5, 5.41) is 0. The summed E-state index contributed by atoms with van der Waals surface area (Å²) in [6, 6.07) is 21.3. The monoisotopic (exact) mass is 368 g/mol.